The lowest BCUT2D eigenvalue weighted by Crippen LogP contribution is -2.03. The van der Waals surface area contributed by atoms with Gasteiger partial charge in [0.05, 0.1) is 18.4 Å². The van der Waals surface area contributed by atoms with Gasteiger partial charge in [-0.15, -0.1) is 6.42 Å². The highest BCUT2D eigenvalue weighted by Gasteiger charge is 2.31. The van der Waals surface area contributed by atoms with Crippen LogP contribution in [-0.2, 0) is 32.1 Å². The zero-order valence-corrected chi connectivity index (χ0v) is 15.0. The molecule has 6 nitrogen and oxygen atoms in total. The number of carbonyl (C=O) groups is 2. The van der Waals surface area contributed by atoms with Gasteiger partial charge in [-0.3, -0.25) is 4.79 Å². The van der Waals surface area contributed by atoms with Crippen LogP contribution in [0.3, 0.4) is 0 Å². The number of ether oxygens (including phenoxy) is 2. The van der Waals surface area contributed by atoms with Gasteiger partial charge in [0.1, 0.15) is 6.61 Å². The molecule has 0 radical (unpaired) electrons. The van der Waals surface area contributed by atoms with E-state index in [0.29, 0.717) is 29.5 Å². The van der Waals surface area contributed by atoms with Crippen LogP contribution in [0, 0.1) is 19.3 Å². The molecule has 0 spiro atoms. The van der Waals surface area contributed by atoms with Gasteiger partial charge in [-0.05, 0) is 37.8 Å². The van der Waals surface area contributed by atoms with Gasteiger partial charge in [0.15, 0.2) is 0 Å². The van der Waals surface area contributed by atoms with Crippen LogP contribution < -0.4 is 0 Å². The molecule has 0 aliphatic carbocycles. The summed E-state index contributed by atoms with van der Waals surface area (Å²) in [5, 5.41) is 0. The van der Waals surface area contributed by atoms with E-state index >= 15 is 0 Å². The minimum absolute atomic E-state index is 0.115. The molecule has 1 heterocycles. The number of hydrogen-bond acceptors (Lipinski definition) is 6. The standard InChI is InChI=1S/C20H19NO5/c1-5-14-13(3)16-10-26-20(24)18(16)19(21-11-22)15(14)8-6-12(2)7-9-17(23)25-4/h1,6H,7-10H2,2-4H3. The van der Waals surface area contributed by atoms with Crippen LogP contribution in [0.15, 0.2) is 16.6 Å². The molecule has 0 N–H and O–H groups in total. The molecule has 0 atom stereocenters. The number of allylic oxidation sites excluding steroid dienone is 2. The van der Waals surface area contributed by atoms with Crippen LogP contribution in [0.1, 0.15) is 52.4 Å². The van der Waals surface area contributed by atoms with Gasteiger partial charge in [-0.2, -0.15) is 4.99 Å². The molecule has 1 aliphatic rings. The fraction of sp³-hybridized carbons (Fsp3) is 0.350. The van der Waals surface area contributed by atoms with Crippen molar-refractivity contribution in [2.24, 2.45) is 4.99 Å². The Morgan fingerprint density at radius 2 is 2.15 bits per heavy atom. The SMILES string of the molecule is C#Cc1c(C)c2c(c(N=C=O)c1CC=C(C)CCC(=O)OC)C(=O)OC2. The molecular weight excluding hydrogens is 334 g/mol. The molecule has 1 aliphatic heterocycles. The lowest BCUT2D eigenvalue weighted by Gasteiger charge is -2.13. The van der Waals surface area contributed by atoms with Crippen molar-refractivity contribution in [3.8, 4) is 12.3 Å². The Bertz CT molecular complexity index is 883. The van der Waals surface area contributed by atoms with Crippen LogP contribution in [0.4, 0.5) is 5.69 Å². The summed E-state index contributed by atoms with van der Waals surface area (Å²) in [7, 11) is 1.34. The quantitative estimate of drug-likeness (QED) is 0.258. The van der Waals surface area contributed by atoms with E-state index in [0.717, 1.165) is 11.1 Å². The van der Waals surface area contributed by atoms with Gasteiger partial charge in [0.25, 0.3) is 0 Å². The second kappa shape index (κ2) is 8.28. The zero-order valence-electron chi connectivity index (χ0n) is 15.0. The zero-order chi connectivity index (χ0) is 19.3. The molecule has 0 saturated carbocycles. The van der Waals surface area contributed by atoms with Crippen LogP contribution >= 0.6 is 0 Å². The Kier molecular flexibility index (Phi) is 6.11. The highest BCUT2D eigenvalue weighted by molar-refractivity contribution is 6.01. The number of cyclic esters (lactones) is 1. The van der Waals surface area contributed by atoms with Gasteiger partial charge in [-0.1, -0.05) is 17.6 Å². The Morgan fingerprint density at radius 1 is 1.42 bits per heavy atom. The molecule has 0 aromatic heterocycles. The molecule has 26 heavy (non-hydrogen) atoms. The fourth-order valence-electron chi connectivity index (χ4n) is 2.93. The summed E-state index contributed by atoms with van der Waals surface area (Å²) in [4.78, 5) is 38.0. The third-order valence-electron chi connectivity index (χ3n) is 4.41. The molecule has 0 saturated heterocycles. The summed E-state index contributed by atoms with van der Waals surface area (Å²) in [6.45, 7) is 3.82. The monoisotopic (exact) mass is 353 g/mol. The first-order chi connectivity index (χ1) is 12.4. The smallest absolute Gasteiger partial charge is 0.341 e. The molecule has 0 fully saturated rings. The van der Waals surface area contributed by atoms with E-state index in [4.69, 9.17) is 11.2 Å². The summed E-state index contributed by atoms with van der Waals surface area (Å²) in [5.74, 6) is 1.82. The summed E-state index contributed by atoms with van der Waals surface area (Å²) >= 11 is 0. The summed E-state index contributed by atoms with van der Waals surface area (Å²) in [6.07, 6.45) is 10.2. The minimum atomic E-state index is -0.520. The second-order valence-corrected chi connectivity index (χ2v) is 5.94. The number of carbonyl (C=O) groups excluding carboxylic acids is 3. The van der Waals surface area contributed by atoms with E-state index in [1.165, 1.54) is 13.2 Å². The molecule has 2 rings (SSSR count). The topological polar surface area (TPSA) is 82.0 Å². The first-order valence-electron chi connectivity index (χ1n) is 8.06. The van der Waals surface area contributed by atoms with Crippen LogP contribution in [0.5, 0.6) is 0 Å². The Morgan fingerprint density at radius 3 is 2.77 bits per heavy atom. The maximum Gasteiger partial charge on any atom is 0.341 e. The Balaban J connectivity index is 2.48. The number of isocyanates is 1. The predicted molar refractivity (Wildman–Crippen MR) is 94.7 cm³/mol. The molecule has 0 amide bonds. The third-order valence-corrected chi connectivity index (χ3v) is 4.41. The fourth-order valence-corrected chi connectivity index (χ4v) is 2.93. The summed E-state index contributed by atoms with van der Waals surface area (Å²) < 4.78 is 9.71. The molecule has 0 bridgehead atoms. The van der Waals surface area contributed by atoms with E-state index in [-0.39, 0.29) is 30.2 Å². The van der Waals surface area contributed by atoms with Gasteiger partial charge >= 0.3 is 11.9 Å². The lowest BCUT2D eigenvalue weighted by molar-refractivity contribution is -0.140. The predicted octanol–water partition coefficient (Wildman–Crippen LogP) is 3.06. The number of methoxy groups -OCH3 is 1. The highest BCUT2D eigenvalue weighted by atomic mass is 16.5. The number of hydrogen-bond donors (Lipinski definition) is 0. The van der Waals surface area contributed by atoms with E-state index in [9.17, 15) is 14.4 Å². The Labute approximate surface area is 151 Å². The highest BCUT2D eigenvalue weighted by Crippen LogP contribution is 2.38. The molecule has 1 aromatic rings. The largest absolute Gasteiger partial charge is 0.469 e. The van der Waals surface area contributed by atoms with E-state index in [1.807, 2.05) is 19.9 Å². The van der Waals surface area contributed by atoms with E-state index in [1.54, 1.807) is 0 Å². The van der Waals surface area contributed by atoms with Crippen LogP contribution in [0.25, 0.3) is 0 Å². The molecular formula is C20H19NO5. The normalized spacial score (nSPS) is 12.7. The first-order valence-corrected chi connectivity index (χ1v) is 8.06. The lowest BCUT2D eigenvalue weighted by atomic mass is 9.89. The average molecular weight is 353 g/mol. The maximum atomic E-state index is 12.1. The second-order valence-electron chi connectivity index (χ2n) is 5.94. The van der Waals surface area contributed by atoms with Crippen molar-refractivity contribution < 1.29 is 23.9 Å². The van der Waals surface area contributed by atoms with Crippen LogP contribution in [0.2, 0.25) is 0 Å². The molecule has 6 heteroatoms. The summed E-state index contributed by atoms with van der Waals surface area (Å²) in [5.41, 5.74) is 4.08. The molecule has 134 valence electrons. The molecule has 0 unspecified atom stereocenters. The van der Waals surface area contributed by atoms with Crippen molar-refractivity contribution >= 4 is 23.7 Å². The van der Waals surface area contributed by atoms with Crippen molar-refractivity contribution in [2.45, 2.75) is 39.7 Å². The van der Waals surface area contributed by atoms with Gasteiger partial charge < -0.3 is 9.47 Å². The van der Waals surface area contributed by atoms with E-state index in [2.05, 4.69) is 15.6 Å². The van der Waals surface area contributed by atoms with E-state index < -0.39 is 5.97 Å². The number of aliphatic imine (C=N–C) groups is 1. The van der Waals surface area contributed by atoms with Crippen molar-refractivity contribution in [2.75, 3.05) is 7.11 Å². The van der Waals surface area contributed by atoms with Crippen LogP contribution in [-0.4, -0.2) is 25.1 Å². The minimum Gasteiger partial charge on any atom is -0.469 e. The number of esters is 2. The van der Waals surface area contributed by atoms with Gasteiger partial charge in [-0.25, -0.2) is 9.59 Å². The van der Waals surface area contributed by atoms with Crippen molar-refractivity contribution in [3.63, 3.8) is 0 Å². The van der Waals surface area contributed by atoms with Crippen molar-refractivity contribution in [1.82, 2.24) is 0 Å². The molecule has 1 aromatic carbocycles. The number of benzene rings is 1. The summed E-state index contributed by atoms with van der Waals surface area (Å²) in [6, 6.07) is 0. The number of terminal acetylenes is 1. The van der Waals surface area contributed by atoms with Gasteiger partial charge in [0, 0.05) is 17.5 Å². The number of fused-ring (bicyclic) bond motifs is 1. The van der Waals surface area contributed by atoms with Crippen molar-refractivity contribution in [3.05, 3.63) is 39.5 Å². The maximum absolute atomic E-state index is 12.1. The average Bonchev–Trinajstić information content (AvgIpc) is 3.02. The third kappa shape index (κ3) is 3.74. The van der Waals surface area contributed by atoms with Crippen molar-refractivity contribution in [1.29, 1.82) is 0 Å². The number of nitrogens with zero attached hydrogens (tertiary/aromatic N) is 1. The Hall–Kier alpha value is -3.16. The number of rotatable bonds is 6. The van der Waals surface area contributed by atoms with Gasteiger partial charge in [0.2, 0.25) is 6.08 Å². The first kappa shape index (κ1) is 19.2.